The molecule has 0 radical (unpaired) electrons. The van der Waals surface area contributed by atoms with Gasteiger partial charge in [-0.05, 0) is 66.6 Å². The quantitative estimate of drug-likeness (QED) is 0.161. The highest BCUT2D eigenvalue weighted by atomic mass is 16.5. The highest BCUT2D eigenvalue weighted by Crippen LogP contribution is 2.39. The first kappa shape index (κ1) is 27.5. The number of carbonyl (C=O) groups excluding carboxylic acids is 1. The van der Waals surface area contributed by atoms with Crippen LogP contribution < -0.4 is 14.2 Å². The van der Waals surface area contributed by atoms with Crippen LogP contribution >= 0.6 is 0 Å². The smallest absolute Gasteiger partial charge is 0.185 e. The Morgan fingerprint density at radius 3 is 2.00 bits per heavy atom. The average molecular weight is 467 g/mol. The van der Waals surface area contributed by atoms with Crippen molar-refractivity contribution in [1.82, 2.24) is 0 Å². The molecule has 0 spiro atoms. The first-order chi connectivity index (χ1) is 16.3. The minimum Gasteiger partial charge on any atom is -0.494 e. The van der Waals surface area contributed by atoms with Gasteiger partial charge < -0.3 is 14.2 Å². The third-order valence-corrected chi connectivity index (χ3v) is 5.40. The van der Waals surface area contributed by atoms with E-state index < -0.39 is 0 Å². The molecule has 0 amide bonds. The number of ether oxygens (including phenoxy) is 3. The lowest BCUT2D eigenvalue weighted by Crippen LogP contribution is -2.16. The van der Waals surface area contributed by atoms with Crippen LogP contribution in [0.2, 0.25) is 0 Å². The summed E-state index contributed by atoms with van der Waals surface area (Å²) in [4.78, 5) is 12.9. The van der Waals surface area contributed by atoms with Gasteiger partial charge in [0.15, 0.2) is 5.78 Å². The van der Waals surface area contributed by atoms with Crippen LogP contribution in [-0.2, 0) is 5.41 Å². The molecule has 0 heterocycles. The van der Waals surface area contributed by atoms with Crippen molar-refractivity contribution in [2.24, 2.45) is 0 Å². The van der Waals surface area contributed by atoms with Gasteiger partial charge in [0.2, 0.25) is 0 Å². The number of benzene rings is 2. The molecule has 0 aliphatic heterocycles. The fourth-order valence-corrected chi connectivity index (χ4v) is 3.60. The zero-order chi connectivity index (χ0) is 25.0. The van der Waals surface area contributed by atoms with E-state index in [4.69, 9.17) is 14.2 Å². The van der Waals surface area contributed by atoms with Crippen LogP contribution in [0.15, 0.2) is 42.5 Å². The van der Waals surface area contributed by atoms with E-state index >= 15 is 0 Å². The molecule has 0 fully saturated rings. The summed E-state index contributed by atoms with van der Waals surface area (Å²) in [6.07, 6.45) is 8.61. The Balaban J connectivity index is 2.37. The lowest BCUT2D eigenvalue weighted by atomic mass is 9.82. The summed E-state index contributed by atoms with van der Waals surface area (Å²) in [6, 6.07) is 11.3. The molecule has 0 saturated carbocycles. The molecule has 4 nitrogen and oxygen atoms in total. The third kappa shape index (κ3) is 8.55. The van der Waals surface area contributed by atoms with Crippen LogP contribution in [0.25, 0.3) is 6.08 Å². The van der Waals surface area contributed by atoms with Gasteiger partial charge in [-0.15, -0.1) is 0 Å². The Bertz CT molecular complexity index is 920. The summed E-state index contributed by atoms with van der Waals surface area (Å²) in [5.41, 5.74) is 2.50. The zero-order valence-corrected chi connectivity index (χ0v) is 21.9. The SMILES string of the molecule is CCCCOc1cc(C=CC(=O)c2ccc(OCCC)cc2)c(C(C)(C)C)c(OCCCC)c1. The van der Waals surface area contributed by atoms with Gasteiger partial charge in [-0.3, -0.25) is 4.79 Å². The lowest BCUT2D eigenvalue weighted by Gasteiger charge is -2.26. The lowest BCUT2D eigenvalue weighted by molar-refractivity contribution is 0.104. The van der Waals surface area contributed by atoms with Crippen molar-refractivity contribution >= 4 is 11.9 Å². The van der Waals surface area contributed by atoms with Crippen LogP contribution in [0, 0.1) is 0 Å². The predicted octanol–water partition coefficient (Wildman–Crippen LogP) is 8.03. The van der Waals surface area contributed by atoms with Gasteiger partial charge >= 0.3 is 0 Å². The van der Waals surface area contributed by atoms with Crippen molar-refractivity contribution in [3.05, 3.63) is 59.2 Å². The van der Waals surface area contributed by atoms with Gasteiger partial charge in [-0.25, -0.2) is 0 Å². The van der Waals surface area contributed by atoms with Gasteiger partial charge in [0.25, 0.3) is 0 Å². The molecule has 0 unspecified atom stereocenters. The standard InChI is InChI=1S/C30H42O4/c1-7-10-19-33-26-21-24(29(30(4,5)6)28(22-26)34-20-11-8-2)14-17-27(31)23-12-15-25(16-13-23)32-18-9-3/h12-17,21-22H,7-11,18-20H2,1-6H3. The molecule has 0 N–H and O–H groups in total. The number of hydrogen-bond donors (Lipinski definition) is 0. The van der Waals surface area contributed by atoms with Crippen molar-refractivity contribution < 1.29 is 19.0 Å². The number of carbonyl (C=O) groups is 1. The molecule has 4 heteroatoms. The Kier molecular flexibility index (Phi) is 11.2. The van der Waals surface area contributed by atoms with E-state index in [2.05, 4.69) is 41.5 Å². The predicted molar refractivity (Wildman–Crippen MR) is 142 cm³/mol. The van der Waals surface area contributed by atoms with Crippen molar-refractivity contribution in [1.29, 1.82) is 0 Å². The summed E-state index contributed by atoms with van der Waals surface area (Å²) < 4.78 is 17.9. The van der Waals surface area contributed by atoms with Gasteiger partial charge in [-0.1, -0.05) is 60.5 Å². The minimum absolute atomic E-state index is 0.0485. The highest BCUT2D eigenvalue weighted by Gasteiger charge is 2.24. The van der Waals surface area contributed by atoms with Gasteiger partial charge in [0.1, 0.15) is 17.2 Å². The Morgan fingerprint density at radius 2 is 1.41 bits per heavy atom. The summed E-state index contributed by atoms with van der Waals surface area (Å²) >= 11 is 0. The fourth-order valence-electron chi connectivity index (χ4n) is 3.60. The first-order valence-electron chi connectivity index (χ1n) is 12.7. The third-order valence-electron chi connectivity index (χ3n) is 5.40. The van der Waals surface area contributed by atoms with Crippen LogP contribution in [0.1, 0.15) is 95.1 Å². The Morgan fingerprint density at radius 1 is 0.794 bits per heavy atom. The van der Waals surface area contributed by atoms with E-state index in [1.165, 1.54) is 0 Å². The van der Waals surface area contributed by atoms with Crippen LogP contribution in [0.4, 0.5) is 0 Å². The summed E-state index contributed by atoms with van der Waals surface area (Å²) in [6.45, 7) is 14.9. The maximum Gasteiger partial charge on any atom is 0.185 e. The normalized spacial score (nSPS) is 11.6. The molecule has 0 aliphatic carbocycles. The number of rotatable bonds is 14. The monoisotopic (exact) mass is 466 g/mol. The second-order valence-electron chi connectivity index (χ2n) is 9.61. The number of unbranched alkanes of at least 4 members (excludes halogenated alkanes) is 2. The highest BCUT2D eigenvalue weighted by molar-refractivity contribution is 6.07. The van der Waals surface area contributed by atoms with Gasteiger partial charge in [0.05, 0.1) is 19.8 Å². The molecule has 0 bridgehead atoms. The summed E-state index contributed by atoms with van der Waals surface area (Å²) in [7, 11) is 0. The van der Waals surface area contributed by atoms with E-state index in [0.29, 0.717) is 25.4 Å². The maximum atomic E-state index is 12.9. The number of allylic oxidation sites excluding steroid dienone is 1. The van der Waals surface area contributed by atoms with E-state index in [1.807, 2.05) is 42.5 Å². The zero-order valence-electron chi connectivity index (χ0n) is 21.9. The number of ketones is 1. The van der Waals surface area contributed by atoms with E-state index in [0.717, 1.165) is 60.5 Å². The largest absolute Gasteiger partial charge is 0.494 e. The second-order valence-corrected chi connectivity index (χ2v) is 9.61. The van der Waals surface area contributed by atoms with E-state index in [-0.39, 0.29) is 11.2 Å². The topological polar surface area (TPSA) is 44.8 Å². The first-order valence-corrected chi connectivity index (χ1v) is 12.7. The van der Waals surface area contributed by atoms with Crippen molar-refractivity contribution in [2.75, 3.05) is 19.8 Å². The maximum absolute atomic E-state index is 12.9. The number of hydrogen-bond acceptors (Lipinski definition) is 4. The van der Waals surface area contributed by atoms with Crippen molar-refractivity contribution in [3.8, 4) is 17.2 Å². The molecule has 186 valence electrons. The van der Waals surface area contributed by atoms with Crippen molar-refractivity contribution in [3.63, 3.8) is 0 Å². The fraction of sp³-hybridized carbons (Fsp3) is 0.500. The molecule has 0 atom stereocenters. The summed E-state index contributed by atoms with van der Waals surface area (Å²) in [5, 5.41) is 0. The minimum atomic E-state index is -0.162. The molecule has 0 aliphatic rings. The average Bonchev–Trinajstić information content (AvgIpc) is 2.81. The molecule has 2 aromatic rings. The Hall–Kier alpha value is -2.75. The van der Waals surface area contributed by atoms with Crippen LogP contribution in [0.5, 0.6) is 17.2 Å². The molecular weight excluding hydrogens is 424 g/mol. The van der Waals surface area contributed by atoms with Crippen LogP contribution in [-0.4, -0.2) is 25.6 Å². The van der Waals surface area contributed by atoms with Crippen LogP contribution in [0.3, 0.4) is 0 Å². The van der Waals surface area contributed by atoms with Gasteiger partial charge in [0, 0.05) is 17.2 Å². The molecule has 34 heavy (non-hydrogen) atoms. The van der Waals surface area contributed by atoms with Gasteiger partial charge in [-0.2, -0.15) is 0 Å². The summed E-state index contributed by atoms with van der Waals surface area (Å²) in [5.74, 6) is 2.34. The van der Waals surface area contributed by atoms with Crippen molar-refractivity contribution in [2.45, 2.75) is 79.1 Å². The molecule has 0 saturated heterocycles. The molecular formula is C30H42O4. The molecule has 0 aromatic heterocycles. The molecule has 2 aromatic carbocycles. The van der Waals surface area contributed by atoms with E-state index in [1.54, 1.807) is 6.08 Å². The molecule has 2 rings (SSSR count). The van der Waals surface area contributed by atoms with E-state index in [9.17, 15) is 4.79 Å². The second kappa shape index (κ2) is 13.8. The Labute approximate surface area is 206 Å².